The molecule has 2 aromatic heterocycles. The second-order valence-corrected chi connectivity index (χ2v) is 7.77. The van der Waals surface area contributed by atoms with Crippen molar-refractivity contribution in [1.82, 2.24) is 4.72 Å². The monoisotopic (exact) mass is 317 g/mol. The first-order chi connectivity index (χ1) is 9.13. The molecular formula is C12H15NO3S3. The summed E-state index contributed by atoms with van der Waals surface area (Å²) in [6.07, 6.45) is 0.613. The lowest BCUT2D eigenvalue weighted by atomic mass is 10.2. The average molecular weight is 317 g/mol. The highest BCUT2D eigenvalue weighted by atomic mass is 32.2. The molecule has 1 atom stereocenters. The van der Waals surface area contributed by atoms with Crippen LogP contribution in [0.25, 0.3) is 0 Å². The fourth-order valence-electron chi connectivity index (χ4n) is 1.65. The van der Waals surface area contributed by atoms with Crippen LogP contribution in [-0.4, -0.2) is 22.1 Å². The fraction of sp³-hybridized carbons (Fsp3) is 0.333. The van der Waals surface area contributed by atoms with E-state index in [1.165, 1.54) is 11.3 Å². The Morgan fingerprint density at radius 1 is 1.26 bits per heavy atom. The zero-order valence-corrected chi connectivity index (χ0v) is 12.9. The first-order valence-electron chi connectivity index (χ1n) is 5.71. The molecule has 0 saturated carbocycles. The van der Waals surface area contributed by atoms with Gasteiger partial charge < -0.3 is 4.74 Å². The van der Waals surface area contributed by atoms with Crippen molar-refractivity contribution in [2.24, 2.45) is 0 Å². The van der Waals surface area contributed by atoms with Gasteiger partial charge in [-0.15, -0.1) is 22.7 Å². The number of sulfonamides is 1. The van der Waals surface area contributed by atoms with E-state index in [1.54, 1.807) is 36.0 Å². The Morgan fingerprint density at radius 2 is 2.00 bits per heavy atom. The molecule has 0 aliphatic rings. The molecule has 104 valence electrons. The Labute approximate surface area is 121 Å². The molecule has 0 fully saturated rings. The van der Waals surface area contributed by atoms with E-state index in [4.69, 9.17) is 4.74 Å². The summed E-state index contributed by atoms with van der Waals surface area (Å²) in [4.78, 5) is 0.997. The van der Waals surface area contributed by atoms with Crippen molar-refractivity contribution < 1.29 is 13.2 Å². The molecule has 0 bridgehead atoms. The van der Waals surface area contributed by atoms with Crippen LogP contribution in [-0.2, 0) is 14.8 Å². The zero-order valence-electron chi connectivity index (χ0n) is 10.4. The van der Waals surface area contributed by atoms with Gasteiger partial charge in [-0.2, -0.15) is 0 Å². The molecule has 0 aromatic carbocycles. The van der Waals surface area contributed by atoms with Crippen molar-refractivity contribution in [3.8, 4) is 0 Å². The molecule has 0 aliphatic carbocycles. The van der Waals surface area contributed by atoms with Gasteiger partial charge in [-0.3, -0.25) is 0 Å². The van der Waals surface area contributed by atoms with Crippen LogP contribution >= 0.6 is 22.7 Å². The standard InChI is InChI=1S/C12H15NO3S3/c1-16-7-6-10(11-4-2-8-17-11)13-19(14,15)12-5-3-9-18-12/h2-5,8-10,13H,6-7H2,1H3. The number of ether oxygens (including phenoxy) is 1. The molecule has 2 rings (SSSR count). The molecular weight excluding hydrogens is 302 g/mol. The lowest BCUT2D eigenvalue weighted by molar-refractivity contribution is 0.186. The van der Waals surface area contributed by atoms with E-state index in [0.717, 1.165) is 4.88 Å². The van der Waals surface area contributed by atoms with Crippen LogP contribution in [0.2, 0.25) is 0 Å². The molecule has 2 aromatic rings. The number of thiophene rings is 2. The normalized spacial score (nSPS) is 13.5. The highest BCUT2D eigenvalue weighted by Crippen LogP contribution is 2.25. The van der Waals surface area contributed by atoms with E-state index in [-0.39, 0.29) is 6.04 Å². The first-order valence-corrected chi connectivity index (χ1v) is 8.96. The molecule has 0 aliphatic heterocycles. The molecule has 2 heterocycles. The lowest BCUT2D eigenvalue weighted by Crippen LogP contribution is -2.28. The molecule has 4 nitrogen and oxygen atoms in total. The number of nitrogens with one attached hydrogen (secondary N) is 1. The van der Waals surface area contributed by atoms with Gasteiger partial charge in [-0.05, 0) is 29.3 Å². The molecule has 0 radical (unpaired) electrons. The summed E-state index contributed by atoms with van der Waals surface area (Å²) in [5.41, 5.74) is 0. The minimum absolute atomic E-state index is 0.243. The Hall–Kier alpha value is -0.730. The van der Waals surface area contributed by atoms with E-state index in [2.05, 4.69) is 4.72 Å². The molecule has 1 N–H and O–H groups in total. The Balaban J connectivity index is 2.16. The smallest absolute Gasteiger partial charge is 0.250 e. The van der Waals surface area contributed by atoms with Gasteiger partial charge in [0.25, 0.3) is 10.0 Å². The third-order valence-corrected chi connectivity index (χ3v) is 6.41. The van der Waals surface area contributed by atoms with Crippen LogP contribution < -0.4 is 4.72 Å². The van der Waals surface area contributed by atoms with Crippen molar-refractivity contribution in [1.29, 1.82) is 0 Å². The highest BCUT2D eigenvalue weighted by molar-refractivity contribution is 7.91. The number of hydrogen-bond acceptors (Lipinski definition) is 5. The van der Waals surface area contributed by atoms with Crippen LogP contribution in [0.3, 0.4) is 0 Å². The highest BCUT2D eigenvalue weighted by Gasteiger charge is 2.22. The summed E-state index contributed by atoms with van der Waals surface area (Å²) >= 11 is 2.75. The SMILES string of the molecule is COCCC(NS(=O)(=O)c1cccs1)c1cccs1. The van der Waals surface area contributed by atoms with E-state index in [1.807, 2.05) is 17.5 Å². The van der Waals surface area contributed by atoms with Gasteiger partial charge in [0, 0.05) is 18.6 Å². The van der Waals surface area contributed by atoms with Crippen LogP contribution in [0.4, 0.5) is 0 Å². The molecule has 7 heteroatoms. The van der Waals surface area contributed by atoms with Crippen molar-refractivity contribution in [3.05, 3.63) is 39.9 Å². The van der Waals surface area contributed by atoms with Crippen molar-refractivity contribution >= 4 is 32.7 Å². The van der Waals surface area contributed by atoms with Gasteiger partial charge in [0.1, 0.15) is 4.21 Å². The van der Waals surface area contributed by atoms with Crippen LogP contribution in [0.5, 0.6) is 0 Å². The van der Waals surface area contributed by atoms with E-state index < -0.39 is 10.0 Å². The van der Waals surface area contributed by atoms with Gasteiger partial charge >= 0.3 is 0 Å². The summed E-state index contributed by atoms with van der Waals surface area (Å²) in [5.74, 6) is 0. The van der Waals surface area contributed by atoms with E-state index >= 15 is 0 Å². The Morgan fingerprint density at radius 3 is 2.58 bits per heavy atom. The number of hydrogen-bond donors (Lipinski definition) is 1. The molecule has 0 amide bonds. The average Bonchev–Trinajstić information content (AvgIpc) is 3.05. The summed E-state index contributed by atoms with van der Waals surface area (Å²) < 4.78 is 32.6. The van der Waals surface area contributed by atoms with Gasteiger partial charge in [0.2, 0.25) is 0 Å². The van der Waals surface area contributed by atoms with Crippen molar-refractivity contribution in [3.63, 3.8) is 0 Å². The third-order valence-electron chi connectivity index (χ3n) is 2.55. The quantitative estimate of drug-likeness (QED) is 0.854. The maximum atomic E-state index is 12.2. The van der Waals surface area contributed by atoms with Crippen molar-refractivity contribution in [2.45, 2.75) is 16.7 Å². The predicted molar refractivity (Wildman–Crippen MR) is 78.2 cm³/mol. The third kappa shape index (κ3) is 3.87. The van der Waals surface area contributed by atoms with E-state index in [0.29, 0.717) is 17.2 Å². The number of rotatable bonds is 7. The van der Waals surface area contributed by atoms with Gasteiger partial charge in [0.15, 0.2) is 0 Å². The minimum atomic E-state index is -3.45. The Bertz CT molecular complexity index is 576. The molecule has 0 saturated heterocycles. The second kappa shape index (κ2) is 6.62. The molecule has 0 spiro atoms. The van der Waals surface area contributed by atoms with Crippen LogP contribution in [0.1, 0.15) is 17.3 Å². The Kier molecular flexibility index (Phi) is 5.12. The van der Waals surface area contributed by atoms with Crippen LogP contribution in [0.15, 0.2) is 39.2 Å². The lowest BCUT2D eigenvalue weighted by Gasteiger charge is -2.16. The van der Waals surface area contributed by atoms with Gasteiger partial charge in [-0.25, -0.2) is 13.1 Å². The summed E-state index contributed by atoms with van der Waals surface area (Å²) in [6.45, 7) is 0.509. The summed E-state index contributed by atoms with van der Waals surface area (Å²) in [6, 6.07) is 6.94. The fourth-order valence-corrected chi connectivity index (χ4v) is 4.79. The van der Waals surface area contributed by atoms with Crippen LogP contribution in [0, 0.1) is 0 Å². The number of methoxy groups -OCH3 is 1. The largest absolute Gasteiger partial charge is 0.385 e. The van der Waals surface area contributed by atoms with Gasteiger partial charge in [0.05, 0.1) is 6.04 Å². The maximum absolute atomic E-state index is 12.2. The zero-order chi connectivity index (χ0) is 13.7. The predicted octanol–water partition coefficient (Wildman–Crippen LogP) is 2.87. The topological polar surface area (TPSA) is 55.4 Å². The van der Waals surface area contributed by atoms with Gasteiger partial charge in [-0.1, -0.05) is 12.1 Å². The van der Waals surface area contributed by atoms with Crippen molar-refractivity contribution in [2.75, 3.05) is 13.7 Å². The second-order valence-electron chi connectivity index (χ2n) is 3.90. The summed E-state index contributed by atoms with van der Waals surface area (Å²) in [7, 11) is -1.84. The molecule has 19 heavy (non-hydrogen) atoms. The van der Waals surface area contributed by atoms with E-state index in [9.17, 15) is 8.42 Å². The molecule has 1 unspecified atom stereocenters. The summed E-state index contributed by atoms with van der Waals surface area (Å²) in [5, 5.41) is 3.69. The minimum Gasteiger partial charge on any atom is -0.385 e. The first kappa shape index (κ1) is 14.7. The maximum Gasteiger partial charge on any atom is 0.250 e.